The zero-order valence-electron chi connectivity index (χ0n) is 10.7. The fraction of sp³-hybridized carbons (Fsp3) is 0. The Kier molecular flexibility index (Phi) is 2.36. The summed E-state index contributed by atoms with van der Waals surface area (Å²) in [6.45, 7) is 0. The summed E-state index contributed by atoms with van der Waals surface area (Å²) in [4.78, 5) is 12.6. The Hall–Kier alpha value is -2.75. The van der Waals surface area contributed by atoms with Crippen molar-refractivity contribution in [3.05, 3.63) is 70.4 Å². The highest BCUT2D eigenvalue weighted by molar-refractivity contribution is 6.08. The number of para-hydroxylation sites is 1. The number of hydrogen-bond donors (Lipinski definition) is 0. The molecule has 4 rings (SSSR count). The predicted molar refractivity (Wildman–Crippen MR) is 77.4 cm³/mol. The summed E-state index contributed by atoms with van der Waals surface area (Å²) in [6.07, 6.45) is 0. The smallest absolute Gasteiger partial charge is 0.201 e. The maximum atomic E-state index is 13.8. The fourth-order valence-corrected chi connectivity index (χ4v) is 2.64. The molecule has 0 atom stereocenters. The van der Waals surface area contributed by atoms with Crippen LogP contribution in [-0.2, 0) is 0 Å². The van der Waals surface area contributed by atoms with Gasteiger partial charge in [0.25, 0.3) is 0 Å². The molecule has 3 aromatic carbocycles. The molecule has 0 aliphatic heterocycles. The molecule has 21 heavy (non-hydrogen) atoms. The van der Waals surface area contributed by atoms with E-state index < -0.39 is 5.82 Å². The summed E-state index contributed by atoms with van der Waals surface area (Å²) in [6, 6.07) is 11.6. The third-order valence-corrected chi connectivity index (χ3v) is 3.59. The van der Waals surface area contributed by atoms with E-state index in [0.29, 0.717) is 16.2 Å². The van der Waals surface area contributed by atoms with Gasteiger partial charge in [0.05, 0.1) is 10.8 Å². The van der Waals surface area contributed by atoms with Crippen LogP contribution in [0, 0.1) is 11.6 Å². The van der Waals surface area contributed by atoms with Crippen LogP contribution in [0.3, 0.4) is 0 Å². The SMILES string of the molecule is O=c1c2cccc(F)c2oc2ccc3cc(F)ccc3c12. The second-order valence-corrected chi connectivity index (χ2v) is 4.85. The van der Waals surface area contributed by atoms with Crippen LogP contribution in [0.2, 0.25) is 0 Å². The Morgan fingerprint density at radius 3 is 2.62 bits per heavy atom. The van der Waals surface area contributed by atoms with Gasteiger partial charge in [-0.15, -0.1) is 0 Å². The molecule has 0 saturated heterocycles. The van der Waals surface area contributed by atoms with Gasteiger partial charge in [0.15, 0.2) is 11.4 Å². The van der Waals surface area contributed by atoms with Crippen LogP contribution in [0.4, 0.5) is 8.78 Å². The van der Waals surface area contributed by atoms with Crippen LogP contribution in [0.1, 0.15) is 0 Å². The first-order valence-corrected chi connectivity index (χ1v) is 6.38. The van der Waals surface area contributed by atoms with Crippen LogP contribution >= 0.6 is 0 Å². The van der Waals surface area contributed by atoms with E-state index in [-0.39, 0.29) is 27.8 Å². The minimum absolute atomic E-state index is 0.0588. The lowest BCUT2D eigenvalue weighted by atomic mass is 10.0. The molecule has 4 aromatic rings. The van der Waals surface area contributed by atoms with Crippen molar-refractivity contribution in [2.75, 3.05) is 0 Å². The van der Waals surface area contributed by atoms with Crippen molar-refractivity contribution in [1.82, 2.24) is 0 Å². The highest BCUT2D eigenvalue weighted by atomic mass is 19.1. The summed E-state index contributed by atoms with van der Waals surface area (Å²) < 4.78 is 32.6. The molecule has 4 heteroatoms. The first-order valence-electron chi connectivity index (χ1n) is 6.38. The Morgan fingerprint density at radius 1 is 0.905 bits per heavy atom. The lowest BCUT2D eigenvalue weighted by Crippen LogP contribution is -2.03. The topological polar surface area (TPSA) is 30.2 Å². The van der Waals surface area contributed by atoms with Crippen molar-refractivity contribution >= 4 is 32.7 Å². The highest BCUT2D eigenvalue weighted by Crippen LogP contribution is 2.27. The zero-order valence-corrected chi connectivity index (χ0v) is 10.7. The Labute approximate surface area is 117 Å². The average Bonchev–Trinajstić information content (AvgIpc) is 2.48. The largest absolute Gasteiger partial charge is 0.453 e. The van der Waals surface area contributed by atoms with Gasteiger partial charge in [-0.05, 0) is 41.1 Å². The molecule has 0 N–H and O–H groups in total. The van der Waals surface area contributed by atoms with Gasteiger partial charge in [-0.1, -0.05) is 18.2 Å². The van der Waals surface area contributed by atoms with Crippen LogP contribution in [-0.4, -0.2) is 0 Å². The van der Waals surface area contributed by atoms with Crippen LogP contribution < -0.4 is 5.43 Å². The molecule has 0 unspecified atom stereocenters. The molecule has 0 aliphatic carbocycles. The lowest BCUT2D eigenvalue weighted by molar-refractivity contribution is 0.579. The van der Waals surface area contributed by atoms with E-state index in [9.17, 15) is 13.6 Å². The van der Waals surface area contributed by atoms with Crippen LogP contribution in [0.25, 0.3) is 32.7 Å². The van der Waals surface area contributed by atoms with Gasteiger partial charge < -0.3 is 4.42 Å². The van der Waals surface area contributed by atoms with Crippen LogP contribution in [0.15, 0.2) is 57.7 Å². The summed E-state index contributed by atoms with van der Waals surface area (Å²) in [5.74, 6) is -0.955. The molecular formula is C17H8F2O2. The second kappa shape index (κ2) is 4.12. The molecule has 0 radical (unpaired) electrons. The minimum atomic E-state index is -0.578. The maximum Gasteiger partial charge on any atom is 0.201 e. The quantitative estimate of drug-likeness (QED) is 0.354. The van der Waals surface area contributed by atoms with E-state index in [2.05, 4.69) is 0 Å². The molecule has 0 spiro atoms. The molecular weight excluding hydrogens is 274 g/mol. The normalized spacial score (nSPS) is 11.5. The van der Waals surface area contributed by atoms with Gasteiger partial charge in [0.2, 0.25) is 5.43 Å². The Morgan fingerprint density at radius 2 is 1.76 bits per heavy atom. The first-order chi connectivity index (χ1) is 10.1. The maximum absolute atomic E-state index is 13.8. The summed E-state index contributed by atoms with van der Waals surface area (Å²) in [7, 11) is 0. The van der Waals surface area contributed by atoms with Crippen molar-refractivity contribution < 1.29 is 13.2 Å². The predicted octanol–water partition coefficient (Wildman–Crippen LogP) is 4.38. The Bertz CT molecular complexity index is 1080. The molecule has 102 valence electrons. The summed E-state index contributed by atoms with van der Waals surface area (Å²) >= 11 is 0. The van der Waals surface area contributed by atoms with Crippen LogP contribution in [0.5, 0.6) is 0 Å². The van der Waals surface area contributed by atoms with Crippen molar-refractivity contribution in [2.24, 2.45) is 0 Å². The molecule has 1 aromatic heterocycles. The fourth-order valence-electron chi connectivity index (χ4n) is 2.64. The zero-order chi connectivity index (χ0) is 14.6. The third-order valence-electron chi connectivity index (χ3n) is 3.59. The standard InChI is InChI=1S/C17H8F2O2/c18-10-5-6-11-9(8-10)4-7-14-15(11)16(20)12-2-1-3-13(19)17(12)21-14/h1-8H. The summed E-state index contributed by atoms with van der Waals surface area (Å²) in [5, 5.41) is 1.71. The molecule has 0 amide bonds. The van der Waals surface area contributed by atoms with E-state index in [1.165, 1.54) is 36.4 Å². The molecule has 0 saturated carbocycles. The average molecular weight is 282 g/mol. The van der Waals surface area contributed by atoms with E-state index in [1.807, 2.05) is 0 Å². The lowest BCUT2D eigenvalue weighted by Gasteiger charge is -2.05. The third kappa shape index (κ3) is 1.65. The minimum Gasteiger partial charge on any atom is -0.453 e. The van der Waals surface area contributed by atoms with Gasteiger partial charge in [-0.3, -0.25) is 4.79 Å². The molecule has 0 fully saturated rings. The molecule has 1 heterocycles. The van der Waals surface area contributed by atoms with Gasteiger partial charge in [-0.25, -0.2) is 8.78 Å². The van der Waals surface area contributed by atoms with Gasteiger partial charge in [0.1, 0.15) is 11.4 Å². The number of halogens is 2. The molecule has 2 nitrogen and oxygen atoms in total. The van der Waals surface area contributed by atoms with E-state index in [0.717, 1.165) is 0 Å². The highest BCUT2D eigenvalue weighted by Gasteiger charge is 2.13. The monoisotopic (exact) mass is 282 g/mol. The van der Waals surface area contributed by atoms with Crippen molar-refractivity contribution in [3.63, 3.8) is 0 Å². The van der Waals surface area contributed by atoms with E-state index in [4.69, 9.17) is 4.42 Å². The number of hydrogen-bond acceptors (Lipinski definition) is 2. The first kappa shape index (κ1) is 12.0. The number of rotatable bonds is 0. The van der Waals surface area contributed by atoms with Gasteiger partial charge in [0, 0.05) is 0 Å². The second-order valence-electron chi connectivity index (χ2n) is 4.85. The number of benzene rings is 3. The van der Waals surface area contributed by atoms with E-state index in [1.54, 1.807) is 12.1 Å². The van der Waals surface area contributed by atoms with Crippen molar-refractivity contribution in [1.29, 1.82) is 0 Å². The van der Waals surface area contributed by atoms with Gasteiger partial charge >= 0.3 is 0 Å². The van der Waals surface area contributed by atoms with E-state index >= 15 is 0 Å². The van der Waals surface area contributed by atoms with Crippen molar-refractivity contribution in [3.8, 4) is 0 Å². The summed E-state index contributed by atoms with van der Waals surface area (Å²) in [5.41, 5.74) is -0.0869. The molecule has 0 aliphatic rings. The Balaban J connectivity index is 2.32. The number of fused-ring (bicyclic) bond motifs is 4. The van der Waals surface area contributed by atoms with Gasteiger partial charge in [-0.2, -0.15) is 0 Å². The van der Waals surface area contributed by atoms with Crippen molar-refractivity contribution in [2.45, 2.75) is 0 Å². The molecule has 0 bridgehead atoms.